The van der Waals surface area contributed by atoms with E-state index in [4.69, 9.17) is 20.4 Å². The fraction of sp³-hybridized carbons (Fsp3) is 0.500. The van der Waals surface area contributed by atoms with Crippen molar-refractivity contribution in [1.29, 1.82) is 0 Å². The largest absolute Gasteiger partial charge is 0.461 e. The second-order valence-electron chi connectivity index (χ2n) is 11.8. The molecule has 214 valence electrons. The lowest BCUT2D eigenvalue weighted by atomic mass is 9.95. The van der Waals surface area contributed by atoms with Crippen molar-refractivity contribution in [2.24, 2.45) is 0 Å². The number of hydrogen-bond donors (Lipinski definition) is 3. The Balaban J connectivity index is 1.24. The van der Waals surface area contributed by atoms with Gasteiger partial charge in [0.05, 0.1) is 27.0 Å². The molecule has 0 saturated carbocycles. The topological polar surface area (TPSA) is 125 Å². The van der Waals surface area contributed by atoms with Gasteiger partial charge in [0.1, 0.15) is 29.8 Å². The molecule has 7 heterocycles. The van der Waals surface area contributed by atoms with Gasteiger partial charge in [-0.05, 0) is 50.4 Å². The van der Waals surface area contributed by atoms with E-state index in [0.29, 0.717) is 63.2 Å². The molecule has 2 bridgehead atoms. The molecule has 1 aromatic carbocycles. The number of alkyl halides is 1. The SMILES string of the molecule is Nc1nc2c(-c3cc4nc(OC[C@@]56CCCN5CC(F)C6)nc(N5CC6CCC(C5)N6)c4c(=O)[nH]3)ccc(F)c2s1. The minimum Gasteiger partial charge on any atom is -0.461 e. The highest BCUT2D eigenvalue weighted by Gasteiger charge is 2.49. The lowest BCUT2D eigenvalue weighted by molar-refractivity contribution is 0.107. The van der Waals surface area contributed by atoms with Crippen LogP contribution in [0, 0.1) is 5.82 Å². The van der Waals surface area contributed by atoms with Crippen LogP contribution in [0.4, 0.5) is 19.7 Å². The molecule has 0 aliphatic carbocycles. The van der Waals surface area contributed by atoms with Crippen LogP contribution in [0.25, 0.3) is 32.4 Å². The number of thiazole rings is 1. The van der Waals surface area contributed by atoms with E-state index in [0.717, 1.165) is 56.7 Å². The molecule has 0 radical (unpaired) electrons. The number of benzene rings is 1. The third kappa shape index (κ3) is 4.16. The first-order chi connectivity index (χ1) is 19.8. The summed E-state index contributed by atoms with van der Waals surface area (Å²) >= 11 is 1.06. The minimum absolute atomic E-state index is 0.167. The molecule has 4 atom stereocenters. The summed E-state index contributed by atoms with van der Waals surface area (Å²) in [5.41, 5.74) is 7.01. The van der Waals surface area contributed by atoms with Gasteiger partial charge in [0.25, 0.3) is 5.56 Å². The Morgan fingerprint density at radius 3 is 2.83 bits per heavy atom. The van der Waals surface area contributed by atoms with Crippen LogP contribution in [0.3, 0.4) is 0 Å². The van der Waals surface area contributed by atoms with Crippen molar-refractivity contribution in [2.45, 2.75) is 55.9 Å². The normalized spacial score (nSPS) is 27.8. The number of aromatic amines is 1. The van der Waals surface area contributed by atoms with Crippen LogP contribution in [0.5, 0.6) is 6.01 Å². The third-order valence-electron chi connectivity index (χ3n) is 9.20. The monoisotopic (exact) mass is 580 g/mol. The molecule has 4 N–H and O–H groups in total. The first-order valence-electron chi connectivity index (χ1n) is 14.2. The summed E-state index contributed by atoms with van der Waals surface area (Å²) < 4.78 is 35.5. The number of nitrogens with one attached hydrogen (secondary N) is 2. The number of rotatable bonds is 5. The van der Waals surface area contributed by atoms with Gasteiger partial charge >= 0.3 is 6.01 Å². The Kier molecular flexibility index (Phi) is 5.74. The van der Waals surface area contributed by atoms with Gasteiger partial charge in [-0.2, -0.15) is 9.97 Å². The summed E-state index contributed by atoms with van der Waals surface area (Å²) in [5.74, 6) is 0.117. The maximum atomic E-state index is 14.5. The summed E-state index contributed by atoms with van der Waals surface area (Å²) in [4.78, 5) is 34.8. The second-order valence-corrected chi connectivity index (χ2v) is 12.9. The van der Waals surface area contributed by atoms with Crippen molar-refractivity contribution >= 4 is 43.4 Å². The van der Waals surface area contributed by atoms with Crippen LogP contribution in [0.1, 0.15) is 32.1 Å². The van der Waals surface area contributed by atoms with Gasteiger partial charge in [-0.1, -0.05) is 11.3 Å². The average molecular weight is 581 g/mol. The molecule has 0 spiro atoms. The minimum atomic E-state index is -0.864. The van der Waals surface area contributed by atoms with Crippen LogP contribution in [0.2, 0.25) is 0 Å². The predicted molar refractivity (Wildman–Crippen MR) is 154 cm³/mol. The molecule has 0 amide bonds. The quantitative estimate of drug-likeness (QED) is 0.326. The Morgan fingerprint density at radius 2 is 2.00 bits per heavy atom. The van der Waals surface area contributed by atoms with Crippen molar-refractivity contribution in [2.75, 3.05) is 43.4 Å². The van der Waals surface area contributed by atoms with E-state index < -0.39 is 12.0 Å². The highest BCUT2D eigenvalue weighted by Crippen LogP contribution is 2.41. The smallest absolute Gasteiger partial charge is 0.319 e. The number of ether oxygens (including phenoxy) is 1. The van der Waals surface area contributed by atoms with Crippen LogP contribution >= 0.6 is 11.3 Å². The summed E-state index contributed by atoms with van der Waals surface area (Å²) in [6.45, 7) is 3.03. The first kappa shape index (κ1) is 25.3. The highest BCUT2D eigenvalue weighted by molar-refractivity contribution is 7.22. The van der Waals surface area contributed by atoms with Gasteiger partial charge in [-0.25, -0.2) is 13.8 Å². The number of pyridine rings is 1. The molecule has 13 heteroatoms. The second kappa shape index (κ2) is 9.30. The predicted octanol–water partition coefficient (Wildman–Crippen LogP) is 3.21. The zero-order valence-corrected chi connectivity index (χ0v) is 23.1. The maximum Gasteiger partial charge on any atom is 0.319 e. The summed E-state index contributed by atoms with van der Waals surface area (Å²) in [6, 6.07) is 5.52. The molecule has 10 nitrogen and oxygen atoms in total. The van der Waals surface area contributed by atoms with Gasteiger partial charge in [0.2, 0.25) is 0 Å². The molecule has 4 aliphatic heterocycles. The van der Waals surface area contributed by atoms with Gasteiger partial charge in [0, 0.05) is 43.7 Å². The number of fused-ring (bicyclic) bond motifs is 5. The molecule has 4 saturated heterocycles. The number of halogens is 2. The molecular weight excluding hydrogens is 550 g/mol. The fourth-order valence-electron chi connectivity index (χ4n) is 7.39. The molecule has 3 unspecified atom stereocenters. The van der Waals surface area contributed by atoms with Crippen LogP contribution in [-0.2, 0) is 0 Å². The number of piperazine rings is 1. The van der Waals surface area contributed by atoms with Crippen LogP contribution in [-0.4, -0.2) is 81.4 Å². The number of nitrogen functional groups attached to an aromatic ring is 1. The molecule has 4 fully saturated rings. The van der Waals surface area contributed by atoms with Crippen molar-refractivity contribution in [3.63, 3.8) is 0 Å². The number of H-pyrrole nitrogens is 1. The van der Waals surface area contributed by atoms with E-state index in [1.807, 2.05) is 0 Å². The number of anilines is 2. The Labute approximate surface area is 237 Å². The lowest BCUT2D eigenvalue weighted by Gasteiger charge is -2.34. The van der Waals surface area contributed by atoms with Crippen LogP contribution < -0.4 is 26.2 Å². The number of nitrogens with zero attached hydrogens (tertiary/aromatic N) is 5. The standard InChI is InChI=1S/C28H30F2N8O2S/c29-14-9-28(6-1-7-38(28)10-14)13-40-27-34-20-8-19(17-4-5-18(30)23-22(17)35-26(31)41-23)33-25(39)21(20)24(36-27)37-11-15-2-3-16(12-37)32-15/h4-5,8,14-16,32H,1-3,6-7,9-13H2,(H2,31,35)(H,33,39)/t14?,15?,16?,28-/m0/s1. The summed E-state index contributed by atoms with van der Waals surface area (Å²) in [5, 5.41) is 4.24. The van der Waals surface area contributed by atoms with E-state index in [9.17, 15) is 13.6 Å². The van der Waals surface area contributed by atoms with E-state index in [2.05, 4.69) is 25.1 Å². The zero-order chi connectivity index (χ0) is 27.9. The van der Waals surface area contributed by atoms with Gasteiger partial charge in [-0.3, -0.25) is 9.69 Å². The molecule has 3 aromatic heterocycles. The molecule has 4 aliphatic rings. The number of aromatic nitrogens is 4. The third-order valence-corrected chi connectivity index (χ3v) is 10.1. The van der Waals surface area contributed by atoms with E-state index in [-0.39, 0.29) is 28.8 Å². The number of nitrogens with two attached hydrogens (primary N) is 1. The number of hydrogen-bond acceptors (Lipinski definition) is 10. The maximum absolute atomic E-state index is 14.5. The van der Waals surface area contributed by atoms with Gasteiger partial charge in [0.15, 0.2) is 5.13 Å². The first-order valence-corrected chi connectivity index (χ1v) is 15.0. The van der Waals surface area contributed by atoms with Gasteiger partial charge < -0.3 is 25.7 Å². The lowest BCUT2D eigenvalue weighted by Crippen LogP contribution is -2.51. The Bertz CT molecular complexity index is 1730. The fourth-order valence-corrected chi connectivity index (χ4v) is 8.15. The van der Waals surface area contributed by atoms with Crippen molar-refractivity contribution < 1.29 is 13.5 Å². The van der Waals surface area contributed by atoms with Crippen molar-refractivity contribution in [1.82, 2.24) is 30.2 Å². The van der Waals surface area contributed by atoms with Gasteiger partial charge in [-0.15, -0.1) is 0 Å². The molecule has 41 heavy (non-hydrogen) atoms. The van der Waals surface area contributed by atoms with Crippen molar-refractivity contribution in [3.05, 3.63) is 34.4 Å². The van der Waals surface area contributed by atoms with E-state index in [1.54, 1.807) is 12.1 Å². The molecule has 8 rings (SSSR count). The van der Waals surface area contributed by atoms with E-state index in [1.165, 1.54) is 6.07 Å². The average Bonchev–Trinajstić information content (AvgIpc) is 3.69. The van der Waals surface area contributed by atoms with Crippen molar-refractivity contribution in [3.8, 4) is 17.3 Å². The summed E-state index contributed by atoms with van der Waals surface area (Å²) in [6.07, 6.45) is 3.61. The molecule has 4 aromatic rings. The van der Waals surface area contributed by atoms with E-state index >= 15 is 0 Å². The zero-order valence-electron chi connectivity index (χ0n) is 22.3. The highest BCUT2D eigenvalue weighted by atomic mass is 32.1. The Morgan fingerprint density at radius 1 is 1.17 bits per heavy atom. The summed E-state index contributed by atoms with van der Waals surface area (Å²) in [7, 11) is 0. The molecular formula is C28H30F2N8O2S. The van der Waals surface area contributed by atoms with Crippen LogP contribution in [0.15, 0.2) is 23.0 Å². The Hall–Kier alpha value is -3.42.